The highest BCUT2D eigenvalue weighted by atomic mass is 32.2. The van der Waals surface area contributed by atoms with Gasteiger partial charge in [0.25, 0.3) is 0 Å². The number of sulfonamides is 1. The molecule has 0 saturated carbocycles. The molecular weight excluding hydrogens is 252 g/mol. The lowest BCUT2D eigenvalue weighted by atomic mass is 10.2. The van der Waals surface area contributed by atoms with Gasteiger partial charge in [-0.1, -0.05) is 6.07 Å². The van der Waals surface area contributed by atoms with Crippen molar-refractivity contribution in [3.8, 4) is 0 Å². The van der Waals surface area contributed by atoms with E-state index in [1.54, 1.807) is 12.1 Å². The van der Waals surface area contributed by atoms with Crippen LogP contribution in [0.1, 0.15) is 12.5 Å². The van der Waals surface area contributed by atoms with E-state index in [4.69, 9.17) is 5.11 Å². The van der Waals surface area contributed by atoms with E-state index in [1.165, 1.54) is 6.92 Å². The zero-order chi connectivity index (χ0) is 13.9. The lowest BCUT2D eigenvalue weighted by molar-refractivity contribution is 0.296. The van der Waals surface area contributed by atoms with Crippen molar-refractivity contribution in [1.82, 2.24) is 0 Å². The molecule has 2 N–H and O–H groups in total. The zero-order valence-electron chi connectivity index (χ0n) is 11.1. The highest BCUT2D eigenvalue weighted by molar-refractivity contribution is 7.93. The number of aryl methyl sites for hydroxylation is 1. The van der Waals surface area contributed by atoms with Crippen LogP contribution >= 0.6 is 0 Å². The summed E-state index contributed by atoms with van der Waals surface area (Å²) in [5.74, 6) is 0. The number of hydrogen-bond acceptors (Lipinski definition) is 4. The van der Waals surface area contributed by atoms with Crippen molar-refractivity contribution in [3.05, 3.63) is 23.8 Å². The molecule has 0 bridgehead atoms. The second-order valence-corrected chi connectivity index (χ2v) is 6.63. The molecule has 6 heteroatoms. The predicted molar refractivity (Wildman–Crippen MR) is 74.6 cm³/mol. The van der Waals surface area contributed by atoms with Crippen LogP contribution in [0.4, 0.5) is 11.4 Å². The van der Waals surface area contributed by atoms with E-state index in [1.807, 2.05) is 32.0 Å². The summed E-state index contributed by atoms with van der Waals surface area (Å²) in [6.45, 7) is 3.02. The van der Waals surface area contributed by atoms with E-state index in [9.17, 15) is 8.42 Å². The average molecular weight is 272 g/mol. The molecule has 0 spiro atoms. The summed E-state index contributed by atoms with van der Waals surface area (Å²) in [7, 11) is 0.262. The number of nitrogens with one attached hydrogen (secondary N) is 1. The van der Waals surface area contributed by atoms with E-state index in [0.717, 1.165) is 11.3 Å². The minimum atomic E-state index is -3.54. The second kappa shape index (κ2) is 5.58. The summed E-state index contributed by atoms with van der Waals surface area (Å²) in [5.41, 5.74) is 2.52. The molecule has 1 aromatic carbocycles. The Morgan fingerprint density at radius 3 is 2.50 bits per heavy atom. The van der Waals surface area contributed by atoms with Crippen molar-refractivity contribution in [1.29, 1.82) is 0 Å². The Kier molecular flexibility index (Phi) is 4.59. The van der Waals surface area contributed by atoms with Crippen LogP contribution < -0.4 is 9.62 Å². The van der Waals surface area contributed by atoms with E-state index >= 15 is 0 Å². The summed E-state index contributed by atoms with van der Waals surface area (Å²) < 4.78 is 26.1. The second-order valence-electron chi connectivity index (χ2n) is 4.54. The summed E-state index contributed by atoms with van der Waals surface area (Å²) in [6, 6.07) is 5.34. The minimum Gasteiger partial charge on any atom is -0.395 e. The van der Waals surface area contributed by atoms with Gasteiger partial charge in [-0.25, -0.2) is 8.42 Å². The van der Waals surface area contributed by atoms with E-state index in [0.29, 0.717) is 5.69 Å². The number of aliphatic hydroxyl groups excluding tert-OH is 1. The average Bonchev–Trinajstić information content (AvgIpc) is 2.29. The third-order valence-corrected chi connectivity index (χ3v) is 4.47. The van der Waals surface area contributed by atoms with Crippen molar-refractivity contribution < 1.29 is 13.5 Å². The van der Waals surface area contributed by atoms with Gasteiger partial charge >= 0.3 is 0 Å². The predicted octanol–water partition coefficient (Wildman–Crippen LogP) is 1.18. The van der Waals surface area contributed by atoms with Gasteiger partial charge in [0.15, 0.2) is 0 Å². The van der Waals surface area contributed by atoms with Gasteiger partial charge in [0.1, 0.15) is 5.25 Å². The zero-order valence-corrected chi connectivity index (χ0v) is 12.0. The first kappa shape index (κ1) is 14.8. The van der Waals surface area contributed by atoms with E-state index < -0.39 is 21.9 Å². The standard InChI is InChI=1S/C12H20N2O3S/c1-9-5-6-11(7-12(9)14(3)4)13-18(16,17)10(2)8-15/h5-7,10,13,15H,8H2,1-4H3. The molecule has 102 valence electrons. The molecule has 1 unspecified atom stereocenters. The molecule has 1 aromatic rings. The number of anilines is 2. The number of rotatable bonds is 5. The summed E-state index contributed by atoms with van der Waals surface area (Å²) >= 11 is 0. The molecule has 0 aromatic heterocycles. The third kappa shape index (κ3) is 3.36. The van der Waals surface area contributed by atoms with Crippen molar-refractivity contribution in [2.75, 3.05) is 30.3 Å². The fraction of sp³-hybridized carbons (Fsp3) is 0.500. The van der Waals surface area contributed by atoms with Crippen LogP contribution in [-0.4, -0.2) is 39.5 Å². The maximum absolute atomic E-state index is 11.8. The molecule has 0 aliphatic heterocycles. The maximum atomic E-state index is 11.8. The van der Waals surface area contributed by atoms with Gasteiger partial charge in [0.2, 0.25) is 10.0 Å². The number of hydrogen-bond donors (Lipinski definition) is 2. The van der Waals surface area contributed by atoms with Gasteiger partial charge in [-0.15, -0.1) is 0 Å². The summed E-state index contributed by atoms with van der Waals surface area (Å²) in [5, 5.41) is 8.08. The van der Waals surface area contributed by atoms with Gasteiger partial charge in [0, 0.05) is 19.8 Å². The Morgan fingerprint density at radius 2 is 2.00 bits per heavy atom. The van der Waals surface area contributed by atoms with E-state index in [2.05, 4.69) is 4.72 Å². The molecule has 0 fully saturated rings. The van der Waals surface area contributed by atoms with Gasteiger partial charge in [-0.3, -0.25) is 4.72 Å². The smallest absolute Gasteiger partial charge is 0.237 e. The van der Waals surface area contributed by atoms with Crippen LogP contribution in [0, 0.1) is 6.92 Å². The van der Waals surface area contributed by atoms with Crippen molar-refractivity contribution >= 4 is 21.4 Å². The normalized spacial score (nSPS) is 13.2. The molecule has 1 rings (SSSR count). The quantitative estimate of drug-likeness (QED) is 0.844. The molecule has 1 atom stereocenters. The first-order chi connectivity index (χ1) is 8.27. The Balaban J connectivity index is 3.03. The van der Waals surface area contributed by atoms with Crippen molar-refractivity contribution in [2.24, 2.45) is 0 Å². The number of benzene rings is 1. The first-order valence-electron chi connectivity index (χ1n) is 5.68. The molecule has 18 heavy (non-hydrogen) atoms. The lowest BCUT2D eigenvalue weighted by Crippen LogP contribution is -2.28. The Hall–Kier alpha value is -1.27. The molecule has 0 aliphatic carbocycles. The van der Waals surface area contributed by atoms with Gasteiger partial charge in [-0.05, 0) is 31.5 Å². The van der Waals surface area contributed by atoms with Crippen LogP contribution in [0.25, 0.3) is 0 Å². The summed E-state index contributed by atoms with van der Waals surface area (Å²) in [4.78, 5) is 1.92. The monoisotopic (exact) mass is 272 g/mol. The molecular formula is C12H20N2O3S. The molecule has 5 nitrogen and oxygen atoms in total. The fourth-order valence-corrected chi connectivity index (χ4v) is 2.37. The number of aliphatic hydroxyl groups is 1. The lowest BCUT2D eigenvalue weighted by Gasteiger charge is -2.18. The highest BCUT2D eigenvalue weighted by Gasteiger charge is 2.19. The van der Waals surface area contributed by atoms with E-state index in [-0.39, 0.29) is 0 Å². The highest BCUT2D eigenvalue weighted by Crippen LogP contribution is 2.23. The molecule has 0 amide bonds. The fourth-order valence-electron chi connectivity index (χ4n) is 1.52. The molecule has 0 heterocycles. The molecule has 0 aliphatic rings. The Morgan fingerprint density at radius 1 is 1.39 bits per heavy atom. The Bertz CT molecular complexity index is 512. The van der Waals surface area contributed by atoms with Gasteiger partial charge in [-0.2, -0.15) is 0 Å². The van der Waals surface area contributed by atoms with Crippen LogP contribution in [-0.2, 0) is 10.0 Å². The van der Waals surface area contributed by atoms with Crippen LogP contribution in [0.15, 0.2) is 18.2 Å². The van der Waals surface area contributed by atoms with Crippen LogP contribution in [0.5, 0.6) is 0 Å². The summed E-state index contributed by atoms with van der Waals surface area (Å²) in [6.07, 6.45) is 0. The largest absolute Gasteiger partial charge is 0.395 e. The maximum Gasteiger partial charge on any atom is 0.237 e. The van der Waals surface area contributed by atoms with Gasteiger partial charge < -0.3 is 10.0 Å². The minimum absolute atomic E-state index is 0.401. The van der Waals surface area contributed by atoms with Crippen LogP contribution in [0.2, 0.25) is 0 Å². The van der Waals surface area contributed by atoms with Crippen LogP contribution in [0.3, 0.4) is 0 Å². The Labute approximate surface area is 108 Å². The molecule has 0 saturated heterocycles. The SMILES string of the molecule is Cc1ccc(NS(=O)(=O)C(C)CO)cc1N(C)C. The first-order valence-corrected chi connectivity index (χ1v) is 7.23. The number of nitrogens with zero attached hydrogens (tertiary/aromatic N) is 1. The third-order valence-electron chi connectivity index (χ3n) is 2.74. The van der Waals surface area contributed by atoms with Crippen molar-refractivity contribution in [2.45, 2.75) is 19.1 Å². The topological polar surface area (TPSA) is 69.6 Å². The van der Waals surface area contributed by atoms with Crippen molar-refractivity contribution in [3.63, 3.8) is 0 Å². The molecule has 0 radical (unpaired) electrons. The van der Waals surface area contributed by atoms with Gasteiger partial charge in [0.05, 0.1) is 12.3 Å².